The summed E-state index contributed by atoms with van der Waals surface area (Å²) >= 11 is 0. The van der Waals surface area contributed by atoms with Crippen LogP contribution in [0.25, 0.3) is 0 Å². The molecule has 0 radical (unpaired) electrons. The van der Waals surface area contributed by atoms with Crippen molar-refractivity contribution in [1.82, 2.24) is 0 Å². The van der Waals surface area contributed by atoms with Crippen LogP contribution in [0.3, 0.4) is 0 Å². The molecule has 0 heterocycles. The smallest absolute Gasteiger partial charge is 0.244 e. The summed E-state index contributed by atoms with van der Waals surface area (Å²) in [6.45, 7) is 1.42. The zero-order valence-electron chi connectivity index (χ0n) is 12.0. The van der Waals surface area contributed by atoms with Crippen LogP contribution in [0.15, 0.2) is 48.5 Å². The van der Waals surface area contributed by atoms with E-state index in [4.69, 9.17) is 5.73 Å². The number of hydrogen-bond donors (Lipinski definition) is 3. The second-order valence-electron chi connectivity index (χ2n) is 4.79. The van der Waals surface area contributed by atoms with Gasteiger partial charge in [-0.25, -0.2) is 4.39 Å². The molecular formula is C16H16FN3O2. The Bertz CT molecular complexity index is 669. The first-order valence-electron chi connectivity index (χ1n) is 6.64. The summed E-state index contributed by atoms with van der Waals surface area (Å²) in [6.07, 6.45) is 0. The number of rotatable bonds is 5. The normalized spacial score (nSPS) is 11.5. The molecule has 6 heteroatoms. The molecule has 5 nitrogen and oxygen atoms in total. The van der Waals surface area contributed by atoms with Gasteiger partial charge in [0.25, 0.3) is 0 Å². The number of anilines is 2. The van der Waals surface area contributed by atoms with Crippen molar-refractivity contribution < 1.29 is 14.0 Å². The lowest BCUT2D eigenvalue weighted by molar-refractivity contribution is -0.119. The second kappa shape index (κ2) is 6.71. The van der Waals surface area contributed by atoms with Gasteiger partial charge in [0.05, 0.1) is 0 Å². The number of primary amides is 1. The molecule has 1 atom stereocenters. The molecular weight excluding hydrogens is 285 g/mol. The largest absolute Gasteiger partial charge is 0.370 e. The van der Waals surface area contributed by atoms with E-state index in [1.807, 2.05) is 0 Å². The third kappa shape index (κ3) is 4.05. The molecule has 0 saturated heterocycles. The van der Waals surface area contributed by atoms with E-state index < -0.39 is 11.9 Å². The fourth-order valence-electron chi connectivity index (χ4n) is 1.99. The van der Waals surface area contributed by atoms with Gasteiger partial charge in [-0.3, -0.25) is 9.59 Å². The molecule has 0 aliphatic rings. The lowest BCUT2D eigenvalue weighted by atomic mass is 10.1. The maximum absolute atomic E-state index is 13.0. The topological polar surface area (TPSA) is 84.2 Å². The fourth-order valence-corrected chi connectivity index (χ4v) is 1.99. The maximum Gasteiger partial charge on any atom is 0.244 e. The van der Waals surface area contributed by atoms with Crippen LogP contribution in [0.4, 0.5) is 15.8 Å². The van der Waals surface area contributed by atoms with Gasteiger partial charge in [-0.2, -0.15) is 0 Å². The molecule has 0 spiro atoms. The number of halogens is 1. The van der Waals surface area contributed by atoms with Crippen LogP contribution in [0.2, 0.25) is 0 Å². The molecule has 0 saturated carbocycles. The molecule has 1 unspecified atom stereocenters. The Morgan fingerprint density at radius 3 is 2.05 bits per heavy atom. The van der Waals surface area contributed by atoms with E-state index in [1.165, 1.54) is 31.2 Å². The first kappa shape index (κ1) is 15.5. The van der Waals surface area contributed by atoms with Crippen molar-refractivity contribution in [3.8, 4) is 0 Å². The van der Waals surface area contributed by atoms with Crippen molar-refractivity contribution in [2.45, 2.75) is 13.0 Å². The van der Waals surface area contributed by atoms with Crippen LogP contribution in [0, 0.1) is 5.82 Å². The average molecular weight is 301 g/mol. The van der Waals surface area contributed by atoms with Crippen LogP contribution in [0.1, 0.15) is 18.5 Å². The zero-order chi connectivity index (χ0) is 16.1. The minimum atomic E-state index is -0.771. The molecule has 2 rings (SSSR count). The highest BCUT2D eigenvalue weighted by Crippen LogP contribution is 2.21. The third-order valence-corrected chi connectivity index (χ3v) is 3.00. The van der Waals surface area contributed by atoms with Crippen LogP contribution in [-0.4, -0.2) is 11.8 Å². The van der Waals surface area contributed by atoms with Gasteiger partial charge >= 0.3 is 0 Å². The van der Waals surface area contributed by atoms with Crippen LogP contribution in [0.5, 0.6) is 0 Å². The maximum atomic E-state index is 13.0. The van der Waals surface area contributed by atoms with Crippen LogP contribution in [-0.2, 0) is 9.59 Å². The molecule has 0 bridgehead atoms. The molecule has 2 aromatic rings. The van der Waals surface area contributed by atoms with E-state index in [2.05, 4.69) is 10.6 Å². The van der Waals surface area contributed by atoms with Gasteiger partial charge in [-0.05, 0) is 42.0 Å². The van der Waals surface area contributed by atoms with E-state index >= 15 is 0 Å². The minimum absolute atomic E-state index is 0.165. The van der Waals surface area contributed by atoms with Gasteiger partial charge in [-0.1, -0.05) is 12.1 Å². The van der Waals surface area contributed by atoms with E-state index in [1.54, 1.807) is 24.3 Å². The minimum Gasteiger partial charge on any atom is -0.370 e. The molecule has 0 aliphatic carbocycles. The Balaban J connectivity index is 2.16. The lowest BCUT2D eigenvalue weighted by Gasteiger charge is -2.17. The molecule has 0 aliphatic heterocycles. The van der Waals surface area contributed by atoms with E-state index in [0.717, 1.165) is 0 Å². The second-order valence-corrected chi connectivity index (χ2v) is 4.79. The number of carbonyl (C=O) groups is 2. The Kier molecular flexibility index (Phi) is 4.73. The number of amides is 2. The van der Waals surface area contributed by atoms with Crippen LogP contribution < -0.4 is 16.4 Å². The number of nitrogens with two attached hydrogens (primary N) is 1. The summed E-state index contributed by atoms with van der Waals surface area (Å²) in [5.41, 5.74) is 7.27. The van der Waals surface area contributed by atoms with Crippen molar-refractivity contribution >= 4 is 23.2 Å². The van der Waals surface area contributed by atoms with Crippen molar-refractivity contribution in [3.05, 3.63) is 59.9 Å². The number of hydrogen-bond acceptors (Lipinski definition) is 3. The highest BCUT2D eigenvalue weighted by atomic mass is 19.1. The summed E-state index contributed by atoms with van der Waals surface area (Å²) in [5, 5.41) is 5.63. The monoisotopic (exact) mass is 301 g/mol. The SMILES string of the molecule is CC(=O)Nc1ccc(NC(C(N)=O)c2ccc(F)cc2)cc1. The standard InChI is InChI=1S/C16H16FN3O2/c1-10(21)19-13-6-8-14(9-7-13)20-15(16(18)22)11-2-4-12(17)5-3-11/h2-9,15,20H,1H3,(H2,18,22)(H,19,21). The highest BCUT2D eigenvalue weighted by Gasteiger charge is 2.17. The first-order valence-corrected chi connectivity index (χ1v) is 6.64. The van der Waals surface area contributed by atoms with Crippen molar-refractivity contribution in [1.29, 1.82) is 0 Å². The van der Waals surface area contributed by atoms with Gasteiger partial charge < -0.3 is 16.4 Å². The zero-order valence-corrected chi connectivity index (χ0v) is 12.0. The predicted molar refractivity (Wildman–Crippen MR) is 82.7 cm³/mol. The Hall–Kier alpha value is -2.89. The summed E-state index contributed by atoms with van der Waals surface area (Å²) in [4.78, 5) is 22.6. The van der Waals surface area contributed by atoms with Gasteiger partial charge in [0.1, 0.15) is 11.9 Å². The Morgan fingerprint density at radius 1 is 1.00 bits per heavy atom. The van der Waals surface area contributed by atoms with E-state index in [0.29, 0.717) is 16.9 Å². The number of nitrogens with one attached hydrogen (secondary N) is 2. The molecule has 2 aromatic carbocycles. The molecule has 4 N–H and O–H groups in total. The van der Waals surface area contributed by atoms with E-state index in [9.17, 15) is 14.0 Å². The van der Waals surface area contributed by atoms with E-state index in [-0.39, 0.29) is 11.7 Å². The highest BCUT2D eigenvalue weighted by molar-refractivity contribution is 5.89. The van der Waals surface area contributed by atoms with Crippen LogP contribution >= 0.6 is 0 Å². The summed E-state index contributed by atoms with van der Waals surface area (Å²) < 4.78 is 13.0. The molecule has 0 fully saturated rings. The number of carbonyl (C=O) groups excluding carboxylic acids is 2. The summed E-state index contributed by atoms with van der Waals surface area (Å²) in [6, 6.07) is 11.6. The predicted octanol–water partition coefficient (Wildman–Crippen LogP) is 2.42. The molecule has 0 aromatic heterocycles. The first-order chi connectivity index (χ1) is 10.5. The van der Waals surface area contributed by atoms with Crippen molar-refractivity contribution in [2.24, 2.45) is 5.73 Å². The van der Waals surface area contributed by atoms with Gasteiger partial charge in [0.2, 0.25) is 11.8 Å². The van der Waals surface area contributed by atoms with Crippen molar-refractivity contribution in [3.63, 3.8) is 0 Å². The van der Waals surface area contributed by atoms with Gasteiger partial charge in [-0.15, -0.1) is 0 Å². The Labute approximate surface area is 127 Å². The average Bonchev–Trinajstić information content (AvgIpc) is 2.47. The number of benzene rings is 2. The third-order valence-electron chi connectivity index (χ3n) is 3.00. The molecule has 22 heavy (non-hydrogen) atoms. The summed E-state index contributed by atoms with van der Waals surface area (Å²) in [7, 11) is 0. The van der Waals surface area contributed by atoms with Gasteiger partial charge in [0, 0.05) is 18.3 Å². The summed E-state index contributed by atoms with van der Waals surface area (Å²) in [5.74, 6) is -1.12. The molecule has 2 amide bonds. The molecule has 114 valence electrons. The Morgan fingerprint density at radius 2 is 1.55 bits per heavy atom. The van der Waals surface area contributed by atoms with Gasteiger partial charge in [0.15, 0.2) is 0 Å². The fraction of sp³-hybridized carbons (Fsp3) is 0.125. The van der Waals surface area contributed by atoms with Crippen molar-refractivity contribution in [2.75, 3.05) is 10.6 Å². The lowest BCUT2D eigenvalue weighted by Crippen LogP contribution is -2.27. The quantitative estimate of drug-likeness (QED) is 0.793.